The third kappa shape index (κ3) is 9.05. The van der Waals surface area contributed by atoms with Crippen molar-refractivity contribution in [3.63, 3.8) is 0 Å². The van der Waals surface area contributed by atoms with Crippen LogP contribution in [0.15, 0.2) is 268 Å². The Balaban J connectivity index is 0.0000000847. The SMILES string of the molecule is c1ccc2c(c1)Cc1c-2ccc2c1N1c3cnccc3Cc3ccnc(c31)C2.c1ccc2c(c1)Cc1c-2ccc2c1N1c3ncccc3Cc3ccnc(c31)C2.c1ccc2c(c1)Cc1c-2ccc2c1N1c3ncccc3Cc3cncc(c31)C2.c1ccc2c(c1)Cc1c-2ccc2c1N1c3ncccc3Cc3nccc(c31)C2. The number of hydrogen-bond acceptors (Lipinski definition) is 12. The maximum absolute atomic E-state index is 4.82. The molecule has 0 amide bonds. The molecule has 4 aliphatic carbocycles. The van der Waals surface area contributed by atoms with Gasteiger partial charge in [0, 0.05) is 138 Å². The summed E-state index contributed by atoms with van der Waals surface area (Å²) in [7, 11) is 0. The standard InChI is InChI=1S/4C25H17N3/c1-2-6-19-15(4-1)13-21-20(19)8-7-16-14-22-24-17(9-11-26-22)12-18-5-3-10-27-25(18)28(24)23(16)21;1-2-6-19-15(4-1)13-21-20(19)8-7-16-12-17-9-11-26-22-14-18-5-3-10-27-25(18)28(23(16)21)24(17)22;1-2-6-20-15(4-1)12-22-21(20)8-7-16-10-18-13-26-14-19-11-17-5-3-9-27-25(17)28(23(18)19)24(16)22;1-2-4-19-15(3-1)12-21-20(19)6-5-17-13-22-25-18(8-10-27-22)11-16-7-9-26-14-23(16)28(25)24(17)21/h2*1-11H,12-14H2;1-9,13-14H,10-12H2;1-10,14H,11-13H2. The number of aromatic nitrogens is 8. The van der Waals surface area contributed by atoms with Crippen LogP contribution in [0.2, 0.25) is 0 Å². The van der Waals surface area contributed by atoms with E-state index in [4.69, 9.17) is 29.9 Å². The van der Waals surface area contributed by atoms with E-state index in [0.29, 0.717) is 0 Å². The molecule has 0 spiro atoms. The Labute approximate surface area is 647 Å². The van der Waals surface area contributed by atoms with Gasteiger partial charge in [0.2, 0.25) is 0 Å². The van der Waals surface area contributed by atoms with Crippen LogP contribution in [0.3, 0.4) is 0 Å². The number of fused-ring (bicyclic) bond motifs is 32. The maximum atomic E-state index is 4.82. The second-order valence-electron chi connectivity index (χ2n) is 31.6. The van der Waals surface area contributed by atoms with Gasteiger partial charge in [0.15, 0.2) is 0 Å². The van der Waals surface area contributed by atoms with E-state index in [1.807, 2.05) is 80.2 Å². The van der Waals surface area contributed by atoms with Crippen molar-refractivity contribution in [2.24, 2.45) is 0 Å². The van der Waals surface area contributed by atoms with Crippen molar-refractivity contribution in [3.8, 4) is 44.5 Å². The van der Waals surface area contributed by atoms with Crippen molar-refractivity contribution in [2.45, 2.75) is 77.0 Å². The van der Waals surface area contributed by atoms with Gasteiger partial charge in [-0.25, -0.2) is 15.0 Å². The fourth-order valence-corrected chi connectivity index (χ4v) is 21.0. The van der Waals surface area contributed by atoms with Crippen molar-refractivity contribution >= 4 is 68.6 Å². The molecule has 0 bridgehead atoms. The molecule has 112 heavy (non-hydrogen) atoms. The molecule has 528 valence electrons. The van der Waals surface area contributed by atoms with E-state index in [1.165, 1.54) is 218 Å². The lowest BCUT2D eigenvalue weighted by Gasteiger charge is -2.39. The average molecular weight is 1440 g/mol. The van der Waals surface area contributed by atoms with E-state index in [0.717, 1.165) is 106 Å². The van der Waals surface area contributed by atoms with Gasteiger partial charge in [-0.2, -0.15) is 0 Å². The molecule has 0 saturated heterocycles. The van der Waals surface area contributed by atoms with Crippen LogP contribution in [-0.2, 0) is 77.0 Å². The molecule has 12 heteroatoms. The van der Waals surface area contributed by atoms with Crippen LogP contribution in [0.1, 0.15) is 134 Å². The quantitative estimate of drug-likeness (QED) is 0.144. The van der Waals surface area contributed by atoms with E-state index in [2.05, 4.69) is 218 Å². The Bertz CT molecular complexity index is 5980. The first-order valence-electron chi connectivity index (χ1n) is 39.3. The third-order valence-electron chi connectivity index (χ3n) is 25.6. The molecule has 16 aromatic rings. The smallest absolute Gasteiger partial charge is 0.141 e. The molecule has 28 rings (SSSR count). The second-order valence-corrected chi connectivity index (χ2v) is 31.6. The molecule has 12 aliphatic rings. The van der Waals surface area contributed by atoms with Gasteiger partial charge < -0.3 is 4.90 Å². The minimum Gasteiger partial charge on any atom is -0.306 e. The zero-order chi connectivity index (χ0) is 73.0. The highest BCUT2D eigenvalue weighted by Crippen LogP contribution is 2.60. The van der Waals surface area contributed by atoms with Crippen molar-refractivity contribution in [1.82, 2.24) is 39.9 Å². The van der Waals surface area contributed by atoms with E-state index < -0.39 is 0 Å². The van der Waals surface area contributed by atoms with Crippen LogP contribution in [0, 0.1) is 0 Å². The lowest BCUT2D eigenvalue weighted by molar-refractivity contribution is 0.933. The molecular weight excluding hydrogens is 1370 g/mol. The van der Waals surface area contributed by atoms with Crippen LogP contribution < -0.4 is 19.6 Å². The molecule has 8 aromatic heterocycles. The van der Waals surface area contributed by atoms with Gasteiger partial charge in [0.25, 0.3) is 0 Å². The summed E-state index contributed by atoms with van der Waals surface area (Å²) in [5, 5.41) is 0. The Kier molecular flexibility index (Phi) is 13.2. The minimum atomic E-state index is 0.855. The van der Waals surface area contributed by atoms with Gasteiger partial charge in [-0.15, -0.1) is 0 Å². The van der Waals surface area contributed by atoms with Crippen LogP contribution in [0.4, 0.5) is 68.6 Å². The molecule has 0 radical (unpaired) electrons. The number of pyridine rings is 8. The fraction of sp³-hybridized carbons (Fsp3) is 0.120. The molecule has 0 saturated carbocycles. The number of rotatable bonds is 0. The normalized spacial score (nSPS) is 14.6. The van der Waals surface area contributed by atoms with Crippen LogP contribution >= 0.6 is 0 Å². The third-order valence-corrected chi connectivity index (χ3v) is 25.6. The van der Waals surface area contributed by atoms with Crippen LogP contribution in [0.5, 0.6) is 0 Å². The summed E-state index contributed by atoms with van der Waals surface area (Å²) < 4.78 is 0. The zero-order valence-corrected chi connectivity index (χ0v) is 61.3. The van der Waals surface area contributed by atoms with Crippen molar-refractivity contribution in [1.29, 1.82) is 0 Å². The lowest BCUT2D eigenvalue weighted by atomic mass is 9.87. The second kappa shape index (κ2) is 23.8. The van der Waals surface area contributed by atoms with Crippen molar-refractivity contribution < 1.29 is 0 Å². The molecule has 16 heterocycles. The van der Waals surface area contributed by atoms with Gasteiger partial charge >= 0.3 is 0 Å². The van der Waals surface area contributed by atoms with Gasteiger partial charge in [0.05, 0.1) is 74.5 Å². The molecular formula is C100H68N12. The molecule has 8 aromatic carbocycles. The van der Waals surface area contributed by atoms with E-state index in [-0.39, 0.29) is 0 Å². The highest BCUT2D eigenvalue weighted by atomic mass is 15.2. The summed E-state index contributed by atoms with van der Waals surface area (Å²) in [5.41, 5.74) is 54.8. The first-order chi connectivity index (χ1) is 55.5. The van der Waals surface area contributed by atoms with E-state index in [9.17, 15) is 0 Å². The van der Waals surface area contributed by atoms with Gasteiger partial charge in [0.1, 0.15) is 17.5 Å². The zero-order valence-electron chi connectivity index (χ0n) is 61.3. The highest BCUT2D eigenvalue weighted by Gasteiger charge is 2.42. The van der Waals surface area contributed by atoms with Gasteiger partial charge in [-0.05, 0) is 198 Å². The Morgan fingerprint density at radius 2 is 0.491 bits per heavy atom. The predicted octanol–water partition coefficient (Wildman–Crippen LogP) is 21.3. The Morgan fingerprint density at radius 3 is 0.929 bits per heavy atom. The number of hydrogen-bond donors (Lipinski definition) is 0. The highest BCUT2D eigenvalue weighted by molar-refractivity contribution is 5.99. The predicted molar refractivity (Wildman–Crippen MR) is 442 cm³/mol. The number of benzene rings is 8. The summed E-state index contributed by atoms with van der Waals surface area (Å²) in [5.74, 6) is 3.21. The van der Waals surface area contributed by atoms with Gasteiger partial charge in [-0.1, -0.05) is 164 Å². The van der Waals surface area contributed by atoms with Crippen LogP contribution in [-0.4, -0.2) is 39.9 Å². The van der Waals surface area contributed by atoms with Crippen molar-refractivity contribution in [2.75, 3.05) is 19.6 Å². The van der Waals surface area contributed by atoms with Crippen molar-refractivity contribution in [3.05, 3.63) is 402 Å². The van der Waals surface area contributed by atoms with E-state index in [1.54, 1.807) is 0 Å². The average Bonchev–Trinajstić information content (AvgIpc) is 1.55. The Morgan fingerprint density at radius 1 is 0.179 bits per heavy atom. The van der Waals surface area contributed by atoms with E-state index >= 15 is 0 Å². The summed E-state index contributed by atoms with van der Waals surface area (Å²) in [4.78, 5) is 47.4. The minimum absolute atomic E-state index is 0.855. The Hall–Kier alpha value is -13.8. The lowest BCUT2D eigenvalue weighted by Crippen LogP contribution is -2.27. The first kappa shape index (κ1) is 62.1. The van der Waals surface area contributed by atoms with Gasteiger partial charge in [-0.3, -0.25) is 39.6 Å². The largest absolute Gasteiger partial charge is 0.306 e. The topological polar surface area (TPSA) is 116 Å². The molecule has 12 nitrogen and oxygen atoms in total. The monoisotopic (exact) mass is 1440 g/mol. The molecule has 0 fully saturated rings. The summed E-state index contributed by atoms with van der Waals surface area (Å²) in [6.45, 7) is 0. The fourth-order valence-electron chi connectivity index (χ4n) is 21.0. The molecule has 8 aliphatic heterocycles. The summed E-state index contributed by atoms with van der Waals surface area (Å²) in [6, 6.07) is 75.0. The summed E-state index contributed by atoms with van der Waals surface area (Å²) in [6.07, 6.45) is 30.9. The number of nitrogens with zero attached hydrogens (tertiary/aromatic N) is 12. The first-order valence-corrected chi connectivity index (χ1v) is 39.3. The number of anilines is 12. The van der Waals surface area contributed by atoms with Crippen LogP contribution in [0.25, 0.3) is 44.5 Å². The molecule has 0 atom stereocenters. The molecule has 0 unspecified atom stereocenters. The maximum Gasteiger partial charge on any atom is 0.141 e. The molecule has 0 N–H and O–H groups in total. The summed E-state index contributed by atoms with van der Waals surface area (Å²) >= 11 is 0.